The maximum absolute atomic E-state index is 11.3. The Bertz CT molecular complexity index is 394. The van der Waals surface area contributed by atoms with Crippen molar-refractivity contribution in [3.63, 3.8) is 0 Å². The van der Waals surface area contributed by atoms with Crippen molar-refractivity contribution in [2.75, 3.05) is 5.32 Å². The molecule has 0 saturated heterocycles. The zero-order valence-corrected chi connectivity index (χ0v) is 8.90. The van der Waals surface area contributed by atoms with Crippen molar-refractivity contribution in [1.29, 1.82) is 0 Å². The number of rotatable bonds is 3. The first-order valence-electron chi connectivity index (χ1n) is 4.75. The van der Waals surface area contributed by atoms with E-state index in [-0.39, 0.29) is 5.91 Å². The van der Waals surface area contributed by atoms with Crippen LogP contribution in [0.25, 0.3) is 0 Å². The molecule has 0 saturated carbocycles. The average Bonchev–Trinajstić information content (AvgIpc) is 2.18. The normalized spacial score (nSPS) is 11.1. The van der Waals surface area contributed by atoms with Crippen molar-refractivity contribution in [1.82, 2.24) is 4.98 Å². The first-order chi connectivity index (χ1) is 7.22. The fourth-order valence-electron chi connectivity index (χ4n) is 1.06. The summed E-state index contributed by atoms with van der Waals surface area (Å²) < 4.78 is 0. The lowest BCUT2D eigenvalue weighted by Crippen LogP contribution is -2.07. The highest BCUT2D eigenvalue weighted by molar-refractivity contribution is 5.99. The third-order valence-corrected chi connectivity index (χ3v) is 1.72. The van der Waals surface area contributed by atoms with E-state index < -0.39 is 0 Å². The molecule has 1 amide bonds. The van der Waals surface area contributed by atoms with E-state index in [1.807, 2.05) is 26.0 Å². The largest absolute Gasteiger partial charge is 0.322 e. The molecule has 3 nitrogen and oxygen atoms in total. The number of anilines is 1. The molecule has 0 atom stereocenters. The third-order valence-electron chi connectivity index (χ3n) is 1.72. The molecule has 1 N–H and O–H groups in total. The zero-order chi connectivity index (χ0) is 11.1. The number of allylic oxidation sites excluding steroid dienone is 3. The Kier molecular flexibility index (Phi) is 4.29. The van der Waals surface area contributed by atoms with E-state index in [0.29, 0.717) is 0 Å². The fourth-order valence-corrected chi connectivity index (χ4v) is 1.06. The van der Waals surface area contributed by atoms with E-state index in [0.717, 1.165) is 11.4 Å². The summed E-state index contributed by atoms with van der Waals surface area (Å²) in [6.07, 6.45) is 8.51. The Morgan fingerprint density at radius 1 is 1.47 bits per heavy atom. The van der Waals surface area contributed by atoms with Gasteiger partial charge in [0.25, 0.3) is 0 Å². The molecule has 0 radical (unpaired) electrons. The van der Waals surface area contributed by atoms with Gasteiger partial charge in [-0.3, -0.25) is 9.78 Å². The van der Waals surface area contributed by atoms with Crippen LogP contribution >= 0.6 is 0 Å². The van der Waals surface area contributed by atoms with Gasteiger partial charge in [-0.25, -0.2) is 0 Å². The molecule has 1 aromatic rings. The number of amides is 1. The number of pyridine rings is 1. The van der Waals surface area contributed by atoms with Gasteiger partial charge in [-0.2, -0.15) is 0 Å². The van der Waals surface area contributed by atoms with Crippen molar-refractivity contribution < 1.29 is 4.79 Å². The van der Waals surface area contributed by atoms with Crippen molar-refractivity contribution in [2.24, 2.45) is 0 Å². The lowest BCUT2D eigenvalue weighted by atomic mass is 10.3. The van der Waals surface area contributed by atoms with Crippen LogP contribution < -0.4 is 5.32 Å². The maximum Gasteiger partial charge on any atom is 0.248 e. The second-order valence-electron chi connectivity index (χ2n) is 3.06. The molecule has 0 aliphatic carbocycles. The number of aryl methyl sites for hydroxylation is 1. The summed E-state index contributed by atoms with van der Waals surface area (Å²) in [4.78, 5) is 15.4. The number of carbonyl (C=O) groups excluding carboxylic acids is 1. The number of hydrogen-bond acceptors (Lipinski definition) is 2. The molecule has 0 unspecified atom stereocenters. The summed E-state index contributed by atoms with van der Waals surface area (Å²) in [5.74, 6) is -0.140. The van der Waals surface area contributed by atoms with E-state index in [1.54, 1.807) is 24.4 Å². The van der Waals surface area contributed by atoms with Crippen LogP contribution in [0, 0.1) is 6.92 Å². The van der Waals surface area contributed by atoms with Crippen molar-refractivity contribution in [3.8, 4) is 0 Å². The van der Waals surface area contributed by atoms with Crippen LogP contribution in [-0.4, -0.2) is 10.9 Å². The number of carbonyl (C=O) groups is 1. The zero-order valence-electron chi connectivity index (χ0n) is 8.90. The van der Waals surface area contributed by atoms with Crippen LogP contribution in [-0.2, 0) is 4.79 Å². The molecule has 1 rings (SSSR count). The molecule has 0 fully saturated rings. The number of nitrogens with one attached hydrogen (secondary N) is 1. The second kappa shape index (κ2) is 5.75. The average molecular weight is 202 g/mol. The summed E-state index contributed by atoms with van der Waals surface area (Å²) in [6.45, 7) is 3.78. The van der Waals surface area contributed by atoms with Crippen LogP contribution in [0.2, 0.25) is 0 Å². The fraction of sp³-hybridized carbons (Fsp3) is 0.167. The van der Waals surface area contributed by atoms with Crippen molar-refractivity contribution in [3.05, 3.63) is 48.3 Å². The van der Waals surface area contributed by atoms with Crippen LogP contribution in [0.4, 0.5) is 5.69 Å². The van der Waals surface area contributed by atoms with Crippen LogP contribution in [0.1, 0.15) is 12.6 Å². The van der Waals surface area contributed by atoms with Gasteiger partial charge >= 0.3 is 0 Å². The van der Waals surface area contributed by atoms with Gasteiger partial charge in [0.2, 0.25) is 5.91 Å². The molecule has 15 heavy (non-hydrogen) atoms. The number of nitrogens with zero attached hydrogens (tertiary/aromatic N) is 1. The molecule has 0 bridgehead atoms. The molecule has 3 heteroatoms. The van der Waals surface area contributed by atoms with Crippen LogP contribution in [0.3, 0.4) is 0 Å². The van der Waals surface area contributed by atoms with Gasteiger partial charge in [0.1, 0.15) is 0 Å². The molecule has 0 aliphatic heterocycles. The highest BCUT2D eigenvalue weighted by atomic mass is 16.1. The molecular formula is C12H14N2O. The SMILES string of the molecule is C/C=C/C=C\C(=O)Nc1ccnc(C)c1. The molecule has 78 valence electrons. The van der Waals surface area contributed by atoms with Gasteiger partial charge in [-0.15, -0.1) is 0 Å². The predicted octanol–water partition coefficient (Wildman–Crippen LogP) is 2.46. The summed E-state index contributed by atoms with van der Waals surface area (Å²) >= 11 is 0. The number of aromatic nitrogens is 1. The van der Waals surface area contributed by atoms with Gasteiger partial charge < -0.3 is 5.32 Å². The first-order valence-corrected chi connectivity index (χ1v) is 4.75. The lowest BCUT2D eigenvalue weighted by Gasteiger charge is -2.01. The highest BCUT2D eigenvalue weighted by Gasteiger charge is 1.96. The smallest absolute Gasteiger partial charge is 0.248 e. The van der Waals surface area contributed by atoms with Gasteiger partial charge in [0.15, 0.2) is 0 Å². The highest BCUT2D eigenvalue weighted by Crippen LogP contribution is 2.06. The summed E-state index contributed by atoms with van der Waals surface area (Å²) in [6, 6.07) is 3.58. The van der Waals surface area contributed by atoms with Crippen LogP contribution in [0.5, 0.6) is 0 Å². The van der Waals surface area contributed by atoms with Gasteiger partial charge in [-0.1, -0.05) is 18.2 Å². The van der Waals surface area contributed by atoms with Gasteiger partial charge in [-0.05, 0) is 26.0 Å². The van der Waals surface area contributed by atoms with Crippen LogP contribution in [0.15, 0.2) is 42.6 Å². The van der Waals surface area contributed by atoms with E-state index in [2.05, 4.69) is 10.3 Å². The Morgan fingerprint density at radius 3 is 2.93 bits per heavy atom. The quantitative estimate of drug-likeness (QED) is 0.604. The second-order valence-corrected chi connectivity index (χ2v) is 3.06. The summed E-state index contributed by atoms with van der Waals surface area (Å²) in [7, 11) is 0. The van der Waals surface area contributed by atoms with Gasteiger partial charge in [0, 0.05) is 23.7 Å². The van der Waals surface area contributed by atoms with Gasteiger partial charge in [0.05, 0.1) is 0 Å². The monoisotopic (exact) mass is 202 g/mol. The maximum atomic E-state index is 11.3. The van der Waals surface area contributed by atoms with E-state index in [4.69, 9.17) is 0 Å². The minimum absolute atomic E-state index is 0.140. The molecule has 0 aromatic carbocycles. The first kappa shape index (κ1) is 11.2. The molecule has 0 spiro atoms. The van der Waals surface area contributed by atoms with Crippen molar-refractivity contribution >= 4 is 11.6 Å². The number of hydrogen-bond donors (Lipinski definition) is 1. The standard InChI is InChI=1S/C12H14N2O/c1-3-4-5-6-12(15)14-11-7-8-13-10(2)9-11/h3-9H,1-2H3,(H,13,14,15)/b4-3+,6-5-. The Hall–Kier alpha value is -1.90. The Balaban J connectivity index is 2.59. The molecular weight excluding hydrogens is 188 g/mol. The minimum atomic E-state index is -0.140. The third kappa shape index (κ3) is 4.22. The lowest BCUT2D eigenvalue weighted by molar-refractivity contribution is -0.111. The Morgan fingerprint density at radius 2 is 2.27 bits per heavy atom. The molecule has 1 heterocycles. The Labute approximate surface area is 89.5 Å². The van der Waals surface area contributed by atoms with E-state index >= 15 is 0 Å². The minimum Gasteiger partial charge on any atom is -0.322 e. The predicted molar refractivity (Wildman–Crippen MR) is 61.6 cm³/mol. The van der Waals surface area contributed by atoms with Crippen molar-refractivity contribution in [2.45, 2.75) is 13.8 Å². The summed E-state index contributed by atoms with van der Waals surface area (Å²) in [5.41, 5.74) is 1.64. The topological polar surface area (TPSA) is 42.0 Å². The summed E-state index contributed by atoms with van der Waals surface area (Å²) in [5, 5.41) is 2.74. The van der Waals surface area contributed by atoms with E-state index in [9.17, 15) is 4.79 Å². The molecule has 1 aromatic heterocycles. The van der Waals surface area contributed by atoms with E-state index in [1.165, 1.54) is 6.08 Å². The molecule has 0 aliphatic rings.